The third kappa shape index (κ3) is 5.48. The number of nitriles is 1. The molecule has 0 saturated heterocycles. The molecule has 0 unspecified atom stereocenters. The van der Waals surface area contributed by atoms with Crippen LogP contribution in [0.15, 0.2) is 18.2 Å². The Morgan fingerprint density at radius 1 is 1.24 bits per heavy atom. The van der Waals surface area contributed by atoms with E-state index in [0.29, 0.717) is 25.2 Å². The summed E-state index contributed by atoms with van der Waals surface area (Å²) in [6.07, 6.45) is 3.34. The molecule has 1 aromatic heterocycles. The average molecular weight is 459 g/mol. The number of carbonyl (C=O) groups excluding carboxylic acids is 2. The summed E-state index contributed by atoms with van der Waals surface area (Å²) in [5.41, 5.74) is -0.0283. The molecule has 2 heterocycles. The fraction of sp³-hybridized carbons (Fsp3) is 0.478. The highest BCUT2D eigenvalue weighted by molar-refractivity contribution is 6.06. The van der Waals surface area contributed by atoms with Crippen LogP contribution in [-0.2, 0) is 13.0 Å². The van der Waals surface area contributed by atoms with E-state index in [2.05, 4.69) is 4.98 Å². The zero-order valence-corrected chi connectivity index (χ0v) is 18.8. The zero-order valence-electron chi connectivity index (χ0n) is 18.8. The molecule has 2 amide bonds. The Hall–Kier alpha value is -3.48. The first-order chi connectivity index (χ1) is 15.9. The number of nitrogens with zero attached hydrogens (tertiary/aromatic N) is 5. The fourth-order valence-corrected chi connectivity index (χ4v) is 3.59. The number of carbonyl (C=O) groups is 2. The highest BCUT2D eigenvalue weighted by Crippen LogP contribution is 2.34. The molecule has 0 saturated carbocycles. The Labute approximate surface area is 191 Å². The number of unbranched alkanes of at least 4 members (excludes halogenated alkanes) is 1. The summed E-state index contributed by atoms with van der Waals surface area (Å²) in [6, 6.07) is 4.96. The maximum Gasteiger partial charge on any atom is 0.416 e. The second-order valence-electron chi connectivity index (χ2n) is 7.90. The van der Waals surface area contributed by atoms with Crippen LogP contribution in [0, 0.1) is 23.0 Å². The molecule has 3 rings (SSSR count). The van der Waals surface area contributed by atoms with Crippen LogP contribution < -0.4 is 9.64 Å². The number of rotatable bonds is 8. The standard InChI is InChI=1S/C23H27F2N5O3/c1-3-4-13-30(21(31)16-9-10-17(24)18(25)15-16)20-22(29-14-6-5-8-19(29)27-20)33-23(32)28(2)12-7-11-26/h9-10,15H,3-8,12-14H2,1-2H3. The number of fused-ring (bicyclic) bond motifs is 1. The molecule has 0 atom stereocenters. The molecular weight excluding hydrogens is 432 g/mol. The van der Waals surface area contributed by atoms with Gasteiger partial charge in [0.15, 0.2) is 17.5 Å². The summed E-state index contributed by atoms with van der Waals surface area (Å²) in [4.78, 5) is 33.3. The lowest BCUT2D eigenvalue weighted by Crippen LogP contribution is -2.35. The number of ether oxygens (including phenoxy) is 1. The van der Waals surface area contributed by atoms with Gasteiger partial charge in [0.2, 0.25) is 5.88 Å². The first kappa shape index (κ1) is 24.2. The van der Waals surface area contributed by atoms with Crippen molar-refractivity contribution in [3.8, 4) is 11.9 Å². The summed E-state index contributed by atoms with van der Waals surface area (Å²) in [5.74, 6) is -1.71. The highest BCUT2D eigenvalue weighted by Gasteiger charge is 2.31. The van der Waals surface area contributed by atoms with Gasteiger partial charge in [0, 0.05) is 38.7 Å². The Bertz CT molecular complexity index is 1060. The van der Waals surface area contributed by atoms with Crippen molar-refractivity contribution in [3.63, 3.8) is 0 Å². The van der Waals surface area contributed by atoms with E-state index in [4.69, 9.17) is 10.00 Å². The van der Waals surface area contributed by atoms with Gasteiger partial charge in [0.25, 0.3) is 5.91 Å². The number of aromatic nitrogens is 2. The minimum absolute atomic E-state index is 0.0283. The molecule has 0 fully saturated rings. The highest BCUT2D eigenvalue weighted by atomic mass is 19.2. The lowest BCUT2D eigenvalue weighted by Gasteiger charge is -2.23. The molecule has 176 valence electrons. The molecule has 1 aliphatic heterocycles. The number of amides is 2. The van der Waals surface area contributed by atoms with Gasteiger partial charge in [0.05, 0.1) is 12.5 Å². The lowest BCUT2D eigenvalue weighted by molar-refractivity contribution is 0.0983. The van der Waals surface area contributed by atoms with Crippen LogP contribution in [0.3, 0.4) is 0 Å². The molecule has 33 heavy (non-hydrogen) atoms. The van der Waals surface area contributed by atoms with E-state index < -0.39 is 23.6 Å². The molecule has 10 heteroatoms. The maximum absolute atomic E-state index is 13.8. The molecule has 8 nitrogen and oxygen atoms in total. The van der Waals surface area contributed by atoms with E-state index in [-0.39, 0.29) is 36.8 Å². The van der Waals surface area contributed by atoms with Crippen molar-refractivity contribution < 1.29 is 23.1 Å². The quantitative estimate of drug-likeness (QED) is 0.587. The summed E-state index contributed by atoms with van der Waals surface area (Å²) in [6.45, 7) is 3.00. The first-order valence-corrected chi connectivity index (χ1v) is 11.0. The fourth-order valence-electron chi connectivity index (χ4n) is 3.59. The summed E-state index contributed by atoms with van der Waals surface area (Å²) >= 11 is 0. The number of hydrogen-bond donors (Lipinski definition) is 0. The number of anilines is 1. The van der Waals surface area contributed by atoms with E-state index in [0.717, 1.165) is 31.4 Å². The molecule has 2 aromatic rings. The second-order valence-corrected chi connectivity index (χ2v) is 7.90. The molecule has 0 spiro atoms. The molecule has 0 radical (unpaired) electrons. The number of aryl methyl sites for hydroxylation is 1. The van der Waals surface area contributed by atoms with E-state index in [1.165, 1.54) is 22.9 Å². The Morgan fingerprint density at radius 3 is 2.73 bits per heavy atom. The van der Waals surface area contributed by atoms with Crippen LogP contribution in [0.5, 0.6) is 5.88 Å². The van der Waals surface area contributed by atoms with Crippen molar-refractivity contribution in [1.29, 1.82) is 5.26 Å². The first-order valence-electron chi connectivity index (χ1n) is 11.0. The van der Waals surface area contributed by atoms with Crippen molar-refractivity contribution in [2.75, 3.05) is 25.0 Å². The van der Waals surface area contributed by atoms with Gasteiger partial charge in [-0.1, -0.05) is 13.3 Å². The van der Waals surface area contributed by atoms with Crippen molar-refractivity contribution >= 4 is 17.8 Å². The van der Waals surface area contributed by atoms with E-state index >= 15 is 0 Å². The van der Waals surface area contributed by atoms with Crippen LogP contribution in [0.25, 0.3) is 0 Å². The molecule has 1 aliphatic rings. The van der Waals surface area contributed by atoms with Gasteiger partial charge in [-0.3, -0.25) is 14.3 Å². The number of imidazole rings is 1. The van der Waals surface area contributed by atoms with E-state index in [1.54, 1.807) is 4.57 Å². The topological polar surface area (TPSA) is 91.5 Å². The van der Waals surface area contributed by atoms with E-state index in [9.17, 15) is 18.4 Å². The summed E-state index contributed by atoms with van der Waals surface area (Å²) in [5, 5.41) is 8.78. The van der Waals surface area contributed by atoms with Crippen LogP contribution in [0.2, 0.25) is 0 Å². The molecule has 0 aliphatic carbocycles. The molecular formula is C23H27F2N5O3. The average Bonchev–Trinajstić information content (AvgIpc) is 3.17. The summed E-state index contributed by atoms with van der Waals surface area (Å²) < 4.78 is 34.7. The van der Waals surface area contributed by atoms with Gasteiger partial charge in [0.1, 0.15) is 5.82 Å². The van der Waals surface area contributed by atoms with Crippen LogP contribution >= 0.6 is 0 Å². The van der Waals surface area contributed by atoms with Crippen LogP contribution in [0.4, 0.5) is 19.4 Å². The van der Waals surface area contributed by atoms with Crippen molar-refractivity contribution in [3.05, 3.63) is 41.2 Å². The van der Waals surface area contributed by atoms with Gasteiger partial charge < -0.3 is 9.64 Å². The molecule has 1 aromatic carbocycles. The Balaban J connectivity index is 2.01. The predicted octanol–water partition coefficient (Wildman–Crippen LogP) is 4.29. The molecule has 0 N–H and O–H groups in total. The van der Waals surface area contributed by atoms with Crippen molar-refractivity contribution in [2.45, 2.75) is 52.0 Å². The lowest BCUT2D eigenvalue weighted by atomic mass is 10.1. The minimum atomic E-state index is -1.12. The van der Waals surface area contributed by atoms with Gasteiger partial charge in [-0.05, 0) is 37.5 Å². The SMILES string of the molecule is CCCCN(C(=O)c1ccc(F)c(F)c1)c1nc2n(c1OC(=O)N(C)CCC#N)CCCC2. The largest absolute Gasteiger partial charge is 0.416 e. The third-order valence-corrected chi connectivity index (χ3v) is 5.47. The van der Waals surface area contributed by atoms with Crippen molar-refractivity contribution in [1.82, 2.24) is 14.5 Å². The molecule has 0 bridgehead atoms. The van der Waals surface area contributed by atoms with Gasteiger partial charge in [-0.25, -0.2) is 18.6 Å². The number of halogens is 2. The monoisotopic (exact) mass is 459 g/mol. The van der Waals surface area contributed by atoms with Crippen molar-refractivity contribution in [2.24, 2.45) is 0 Å². The summed E-state index contributed by atoms with van der Waals surface area (Å²) in [7, 11) is 1.52. The van der Waals surface area contributed by atoms with Crippen LogP contribution in [-0.4, -0.2) is 46.6 Å². The zero-order chi connectivity index (χ0) is 24.0. The van der Waals surface area contributed by atoms with Gasteiger partial charge in [-0.15, -0.1) is 0 Å². The van der Waals surface area contributed by atoms with Gasteiger partial charge in [-0.2, -0.15) is 5.26 Å². The minimum Gasteiger partial charge on any atom is -0.389 e. The van der Waals surface area contributed by atoms with Crippen LogP contribution in [0.1, 0.15) is 55.2 Å². The van der Waals surface area contributed by atoms with Gasteiger partial charge >= 0.3 is 6.09 Å². The smallest absolute Gasteiger partial charge is 0.389 e. The van der Waals surface area contributed by atoms with E-state index in [1.807, 2.05) is 13.0 Å². The Morgan fingerprint density at radius 2 is 2.03 bits per heavy atom. The Kier molecular flexibility index (Phi) is 7.98. The predicted molar refractivity (Wildman–Crippen MR) is 117 cm³/mol. The number of hydrogen-bond acceptors (Lipinski definition) is 5. The maximum atomic E-state index is 13.8. The third-order valence-electron chi connectivity index (χ3n) is 5.47. The second kappa shape index (κ2) is 10.9. The normalized spacial score (nSPS) is 12.6. The number of benzene rings is 1.